The van der Waals surface area contributed by atoms with Gasteiger partial charge < -0.3 is 9.47 Å². The highest BCUT2D eigenvalue weighted by atomic mass is 35.5. The van der Waals surface area contributed by atoms with E-state index in [0.29, 0.717) is 36.0 Å². The van der Waals surface area contributed by atoms with E-state index in [1.165, 1.54) is 11.0 Å². The number of piperidine rings is 1. The lowest BCUT2D eigenvalue weighted by atomic mass is 9.83. The van der Waals surface area contributed by atoms with E-state index in [1.807, 2.05) is 15.5 Å². The van der Waals surface area contributed by atoms with Crippen molar-refractivity contribution in [2.45, 2.75) is 18.9 Å². The second kappa shape index (κ2) is 6.34. The zero-order chi connectivity index (χ0) is 19.4. The van der Waals surface area contributed by atoms with Crippen LogP contribution in [0.5, 0.6) is 0 Å². The first-order chi connectivity index (χ1) is 13.5. The van der Waals surface area contributed by atoms with E-state index in [1.54, 1.807) is 36.4 Å². The third-order valence-electron chi connectivity index (χ3n) is 5.81. The number of pyridine rings is 1. The number of carbonyl (C=O) groups is 2. The number of imide groups is 1. The molecule has 1 aromatic heterocycles. The van der Waals surface area contributed by atoms with Gasteiger partial charge in [-0.2, -0.15) is 0 Å². The van der Waals surface area contributed by atoms with E-state index >= 15 is 0 Å². The molecule has 0 spiro atoms. The number of amides is 2. The monoisotopic (exact) mass is 395 g/mol. The number of anilines is 1. The van der Waals surface area contributed by atoms with Crippen LogP contribution in [0.25, 0.3) is 0 Å². The first-order valence-electron chi connectivity index (χ1n) is 9.31. The molecule has 4 heterocycles. The van der Waals surface area contributed by atoms with E-state index < -0.39 is 0 Å². The van der Waals surface area contributed by atoms with Gasteiger partial charge in [0.1, 0.15) is 5.70 Å². The Morgan fingerprint density at radius 2 is 1.71 bits per heavy atom. The van der Waals surface area contributed by atoms with Crippen molar-refractivity contribution in [2.75, 3.05) is 18.0 Å². The standard InChI is InChI=1S/C21H18ClN3O3/c22-15-4-6-16(7-5-15)25-20(27)9-18(21(25)28)23-10-13-8-14(12-23)17-2-1-3-19(26)24(17)11-13/h1-7,9,13-14H,8,10-12H2/t13-,14-/m0/s1. The van der Waals surface area contributed by atoms with Crippen molar-refractivity contribution in [3.05, 3.63) is 75.3 Å². The lowest BCUT2D eigenvalue weighted by Crippen LogP contribution is -2.48. The van der Waals surface area contributed by atoms with Crippen molar-refractivity contribution in [1.29, 1.82) is 0 Å². The highest BCUT2D eigenvalue weighted by Crippen LogP contribution is 2.37. The predicted octanol–water partition coefficient (Wildman–Crippen LogP) is 2.38. The van der Waals surface area contributed by atoms with E-state index in [4.69, 9.17) is 11.6 Å². The summed E-state index contributed by atoms with van der Waals surface area (Å²) >= 11 is 5.91. The minimum Gasteiger partial charge on any atom is -0.366 e. The molecule has 2 amide bonds. The number of likely N-dealkylation sites (tertiary alicyclic amines) is 1. The number of rotatable bonds is 2. The third kappa shape index (κ3) is 2.67. The van der Waals surface area contributed by atoms with E-state index in [0.717, 1.165) is 12.1 Å². The fourth-order valence-electron chi connectivity index (χ4n) is 4.61. The average molecular weight is 396 g/mol. The van der Waals surface area contributed by atoms with Gasteiger partial charge in [0.2, 0.25) is 0 Å². The van der Waals surface area contributed by atoms with Gasteiger partial charge >= 0.3 is 0 Å². The summed E-state index contributed by atoms with van der Waals surface area (Å²) in [5.74, 6) is -0.193. The highest BCUT2D eigenvalue weighted by molar-refractivity contribution is 6.32. The normalized spacial score (nSPS) is 23.7. The first kappa shape index (κ1) is 17.3. The number of carbonyl (C=O) groups excluding carboxylic acids is 2. The summed E-state index contributed by atoms with van der Waals surface area (Å²) < 4.78 is 1.85. The first-order valence-corrected chi connectivity index (χ1v) is 9.69. The highest BCUT2D eigenvalue weighted by Gasteiger charge is 2.41. The van der Waals surface area contributed by atoms with E-state index in [-0.39, 0.29) is 29.2 Å². The van der Waals surface area contributed by atoms with Gasteiger partial charge in [0.25, 0.3) is 17.4 Å². The zero-order valence-corrected chi connectivity index (χ0v) is 15.8. The number of hydrogen-bond donors (Lipinski definition) is 0. The number of fused-ring (bicyclic) bond motifs is 4. The fourth-order valence-corrected chi connectivity index (χ4v) is 4.74. The summed E-state index contributed by atoms with van der Waals surface area (Å²) in [4.78, 5) is 40.9. The quantitative estimate of drug-likeness (QED) is 0.732. The largest absolute Gasteiger partial charge is 0.366 e. The molecule has 3 aliphatic rings. The van der Waals surface area contributed by atoms with Gasteiger partial charge in [0.15, 0.2) is 0 Å². The van der Waals surface area contributed by atoms with Gasteiger partial charge in [0.05, 0.1) is 5.69 Å². The summed E-state index contributed by atoms with van der Waals surface area (Å²) in [7, 11) is 0. The second-order valence-corrected chi connectivity index (χ2v) is 8.02. The fraction of sp³-hybridized carbons (Fsp3) is 0.286. The van der Waals surface area contributed by atoms with Crippen molar-refractivity contribution in [2.24, 2.45) is 5.92 Å². The summed E-state index contributed by atoms with van der Waals surface area (Å²) in [6.45, 7) is 1.94. The Morgan fingerprint density at radius 1 is 0.929 bits per heavy atom. The molecule has 0 aliphatic carbocycles. The molecule has 28 heavy (non-hydrogen) atoms. The molecular formula is C21H18ClN3O3. The molecule has 0 unspecified atom stereocenters. The second-order valence-electron chi connectivity index (χ2n) is 7.59. The van der Waals surface area contributed by atoms with Crippen molar-refractivity contribution in [3.8, 4) is 0 Å². The van der Waals surface area contributed by atoms with Crippen LogP contribution in [0, 0.1) is 5.92 Å². The molecule has 1 aromatic carbocycles. The molecule has 6 nitrogen and oxygen atoms in total. The van der Waals surface area contributed by atoms with Crippen LogP contribution in [0.15, 0.2) is 59.0 Å². The minimum atomic E-state index is -0.338. The average Bonchev–Trinajstić information content (AvgIpc) is 2.98. The summed E-state index contributed by atoms with van der Waals surface area (Å²) in [5.41, 5.74) is 1.99. The Labute approximate surface area is 166 Å². The van der Waals surface area contributed by atoms with E-state index in [9.17, 15) is 14.4 Å². The molecule has 0 saturated carbocycles. The lowest BCUT2D eigenvalue weighted by Gasteiger charge is -2.43. The molecule has 3 aliphatic heterocycles. The predicted molar refractivity (Wildman–Crippen MR) is 105 cm³/mol. The maximum Gasteiger partial charge on any atom is 0.281 e. The summed E-state index contributed by atoms with van der Waals surface area (Å²) in [5, 5.41) is 0.550. The van der Waals surface area contributed by atoms with Crippen LogP contribution < -0.4 is 10.5 Å². The Hall–Kier alpha value is -2.86. The van der Waals surface area contributed by atoms with Gasteiger partial charge in [-0.05, 0) is 42.7 Å². The molecule has 2 bridgehead atoms. The van der Waals surface area contributed by atoms with Crippen LogP contribution in [0.2, 0.25) is 5.02 Å². The van der Waals surface area contributed by atoms with Crippen molar-refractivity contribution < 1.29 is 9.59 Å². The Bertz CT molecular complexity index is 1070. The minimum absolute atomic E-state index is 0.0286. The smallest absolute Gasteiger partial charge is 0.281 e. The number of nitrogens with zero attached hydrogens (tertiary/aromatic N) is 3. The van der Waals surface area contributed by atoms with Crippen LogP contribution in [0.1, 0.15) is 18.0 Å². The molecule has 1 fully saturated rings. The summed E-state index contributed by atoms with van der Waals surface area (Å²) in [6.07, 6.45) is 2.42. The Morgan fingerprint density at radius 3 is 2.50 bits per heavy atom. The Balaban J connectivity index is 1.43. The molecule has 2 aromatic rings. The molecule has 5 rings (SSSR count). The topological polar surface area (TPSA) is 62.6 Å². The van der Waals surface area contributed by atoms with Gasteiger partial charge in [-0.1, -0.05) is 17.7 Å². The molecule has 0 N–H and O–H groups in total. The van der Waals surface area contributed by atoms with Crippen molar-refractivity contribution in [3.63, 3.8) is 0 Å². The summed E-state index contributed by atoms with van der Waals surface area (Å²) in [6, 6.07) is 12.0. The zero-order valence-electron chi connectivity index (χ0n) is 15.0. The molecule has 1 saturated heterocycles. The lowest BCUT2D eigenvalue weighted by molar-refractivity contribution is -0.121. The number of aromatic nitrogens is 1. The number of hydrogen-bond acceptors (Lipinski definition) is 4. The van der Waals surface area contributed by atoms with Crippen LogP contribution in [-0.4, -0.2) is 34.4 Å². The number of halogens is 1. The van der Waals surface area contributed by atoms with Gasteiger partial charge in [-0.15, -0.1) is 0 Å². The molecule has 7 heteroatoms. The maximum absolute atomic E-state index is 13.0. The molecule has 0 radical (unpaired) electrons. The molecular weight excluding hydrogens is 378 g/mol. The van der Waals surface area contributed by atoms with Crippen LogP contribution in [0.3, 0.4) is 0 Å². The van der Waals surface area contributed by atoms with E-state index in [2.05, 4.69) is 0 Å². The van der Waals surface area contributed by atoms with Crippen LogP contribution in [0.4, 0.5) is 5.69 Å². The van der Waals surface area contributed by atoms with Crippen LogP contribution in [-0.2, 0) is 16.1 Å². The molecule has 142 valence electrons. The maximum atomic E-state index is 13.0. The van der Waals surface area contributed by atoms with Gasteiger partial charge in [-0.3, -0.25) is 14.4 Å². The van der Waals surface area contributed by atoms with Gasteiger partial charge in [0, 0.05) is 48.4 Å². The van der Waals surface area contributed by atoms with Crippen molar-refractivity contribution in [1.82, 2.24) is 9.47 Å². The van der Waals surface area contributed by atoms with Gasteiger partial charge in [-0.25, -0.2) is 4.90 Å². The van der Waals surface area contributed by atoms with Crippen molar-refractivity contribution >= 4 is 29.1 Å². The van der Waals surface area contributed by atoms with Crippen LogP contribution >= 0.6 is 11.6 Å². The molecule has 2 atom stereocenters. The Kier molecular flexibility index (Phi) is 3.91. The number of benzene rings is 1. The SMILES string of the molecule is O=C1C=C(N2C[C@@H]3C[C@@H](C2)c2cccc(=O)n2C3)C(=O)N1c1ccc(Cl)cc1. The third-order valence-corrected chi connectivity index (χ3v) is 6.06.